The highest BCUT2D eigenvalue weighted by Gasteiger charge is 2.78. The third kappa shape index (κ3) is 1.43. The van der Waals surface area contributed by atoms with E-state index in [1.807, 2.05) is 27.7 Å². The van der Waals surface area contributed by atoms with Crippen molar-refractivity contribution >= 4 is 6.09 Å². The van der Waals surface area contributed by atoms with E-state index in [1.54, 1.807) is 4.90 Å². The van der Waals surface area contributed by atoms with E-state index >= 15 is 0 Å². The summed E-state index contributed by atoms with van der Waals surface area (Å²) < 4.78 is 5.39. The second-order valence-corrected chi connectivity index (χ2v) is 7.18. The van der Waals surface area contributed by atoms with E-state index in [9.17, 15) is 9.90 Å². The zero-order valence-corrected chi connectivity index (χ0v) is 11.0. The molecule has 1 heterocycles. The average molecular weight is 239 g/mol. The lowest BCUT2D eigenvalue weighted by molar-refractivity contribution is -0.0376. The molecule has 0 aromatic rings. The molecular formula is C13H21NO3. The monoisotopic (exact) mass is 239 g/mol. The van der Waals surface area contributed by atoms with Crippen molar-refractivity contribution < 1.29 is 14.6 Å². The normalized spacial score (nSPS) is 47.0. The Labute approximate surface area is 102 Å². The molecule has 3 rings (SSSR count). The van der Waals surface area contributed by atoms with E-state index in [0.717, 1.165) is 13.0 Å². The fraction of sp³-hybridized carbons (Fsp3) is 0.923. The Bertz CT molecular complexity index is 385. The van der Waals surface area contributed by atoms with Gasteiger partial charge in [0.1, 0.15) is 5.60 Å². The summed E-state index contributed by atoms with van der Waals surface area (Å²) >= 11 is 0. The number of hydrogen-bond acceptors (Lipinski definition) is 3. The van der Waals surface area contributed by atoms with Gasteiger partial charge in [-0.1, -0.05) is 0 Å². The number of nitrogens with zero attached hydrogens (tertiary/aromatic N) is 1. The molecule has 1 spiro atoms. The SMILES string of the molecule is CC(C)(C)OC(=O)N1CC23CC2C(C)(O)CC13. The smallest absolute Gasteiger partial charge is 0.410 e. The van der Waals surface area contributed by atoms with E-state index in [4.69, 9.17) is 4.74 Å². The van der Waals surface area contributed by atoms with E-state index in [1.165, 1.54) is 0 Å². The molecule has 3 aliphatic rings. The summed E-state index contributed by atoms with van der Waals surface area (Å²) in [5, 5.41) is 10.2. The third-order valence-electron chi connectivity index (χ3n) is 4.61. The van der Waals surface area contributed by atoms with Crippen LogP contribution >= 0.6 is 0 Å². The molecule has 1 N–H and O–H groups in total. The fourth-order valence-corrected chi connectivity index (χ4v) is 3.79. The molecule has 2 saturated carbocycles. The predicted octanol–water partition coefficient (Wildman–Crippen LogP) is 1.77. The van der Waals surface area contributed by atoms with Crippen LogP contribution in [0.5, 0.6) is 0 Å². The van der Waals surface area contributed by atoms with Crippen molar-refractivity contribution in [3.05, 3.63) is 0 Å². The Balaban J connectivity index is 1.69. The molecule has 4 unspecified atom stereocenters. The van der Waals surface area contributed by atoms with Crippen molar-refractivity contribution in [3.63, 3.8) is 0 Å². The summed E-state index contributed by atoms with van der Waals surface area (Å²) in [6.07, 6.45) is 1.55. The maximum atomic E-state index is 12.0. The van der Waals surface area contributed by atoms with Gasteiger partial charge in [0.15, 0.2) is 0 Å². The maximum Gasteiger partial charge on any atom is 0.410 e. The molecule has 3 fully saturated rings. The highest BCUT2D eigenvalue weighted by molar-refractivity contribution is 5.71. The first-order valence-electron chi connectivity index (χ1n) is 6.38. The van der Waals surface area contributed by atoms with E-state index in [2.05, 4.69) is 0 Å². The topological polar surface area (TPSA) is 49.8 Å². The van der Waals surface area contributed by atoms with Crippen LogP contribution in [0.2, 0.25) is 0 Å². The van der Waals surface area contributed by atoms with Crippen LogP contribution in [0.15, 0.2) is 0 Å². The fourth-order valence-electron chi connectivity index (χ4n) is 3.79. The summed E-state index contributed by atoms with van der Waals surface area (Å²) in [6.45, 7) is 8.31. The van der Waals surface area contributed by atoms with Gasteiger partial charge in [-0.05, 0) is 46.5 Å². The molecule has 2 aliphatic carbocycles. The van der Waals surface area contributed by atoms with Gasteiger partial charge in [0.25, 0.3) is 0 Å². The maximum absolute atomic E-state index is 12.0. The van der Waals surface area contributed by atoms with Crippen molar-refractivity contribution in [3.8, 4) is 0 Å². The minimum atomic E-state index is -0.582. The van der Waals surface area contributed by atoms with Crippen molar-refractivity contribution in [1.82, 2.24) is 4.90 Å². The number of aliphatic hydroxyl groups is 1. The van der Waals surface area contributed by atoms with Crippen LogP contribution in [0.4, 0.5) is 4.79 Å². The van der Waals surface area contributed by atoms with Crippen molar-refractivity contribution in [2.75, 3.05) is 6.54 Å². The van der Waals surface area contributed by atoms with Crippen molar-refractivity contribution in [2.24, 2.45) is 11.3 Å². The Hall–Kier alpha value is -0.770. The summed E-state index contributed by atoms with van der Waals surface area (Å²) in [7, 11) is 0. The number of carbonyl (C=O) groups excluding carboxylic acids is 1. The highest BCUT2D eigenvalue weighted by Crippen LogP contribution is 2.73. The van der Waals surface area contributed by atoms with E-state index in [-0.39, 0.29) is 17.6 Å². The van der Waals surface area contributed by atoms with Gasteiger partial charge < -0.3 is 14.7 Å². The van der Waals surface area contributed by atoms with Gasteiger partial charge in [-0.2, -0.15) is 0 Å². The molecule has 96 valence electrons. The summed E-state index contributed by atoms with van der Waals surface area (Å²) in [5.41, 5.74) is -0.786. The Morgan fingerprint density at radius 1 is 1.41 bits per heavy atom. The molecule has 4 atom stereocenters. The predicted molar refractivity (Wildman–Crippen MR) is 62.5 cm³/mol. The van der Waals surface area contributed by atoms with Crippen LogP contribution in [0, 0.1) is 11.3 Å². The molecule has 0 aromatic heterocycles. The molecule has 4 heteroatoms. The number of carbonyl (C=O) groups is 1. The number of hydrogen-bond donors (Lipinski definition) is 1. The largest absolute Gasteiger partial charge is 0.444 e. The lowest BCUT2D eigenvalue weighted by atomic mass is 9.86. The third-order valence-corrected chi connectivity index (χ3v) is 4.61. The Morgan fingerprint density at radius 2 is 2.06 bits per heavy atom. The van der Waals surface area contributed by atoms with E-state index < -0.39 is 11.2 Å². The van der Waals surface area contributed by atoms with Crippen LogP contribution in [-0.4, -0.2) is 39.9 Å². The van der Waals surface area contributed by atoms with Gasteiger partial charge in [-0.25, -0.2) is 4.79 Å². The van der Waals surface area contributed by atoms with Gasteiger partial charge in [0.05, 0.1) is 5.60 Å². The molecule has 1 amide bonds. The molecule has 0 aromatic carbocycles. The van der Waals surface area contributed by atoms with Crippen molar-refractivity contribution in [2.45, 2.75) is 57.8 Å². The number of ether oxygens (including phenoxy) is 1. The van der Waals surface area contributed by atoms with Gasteiger partial charge in [0.2, 0.25) is 0 Å². The molecule has 1 aliphatic heterocycles. The summed E-state index contributed by atoms with van der Waals surface area (Å²) in [6, 6.07) is 0.206. The zero-order chi connectivity index (χ0) is 12.6. The second kappa shape index (κ2) is 2.79. The van der Waals surface area contributed by atoms with Crippen LogP contribution in [0.1, 0.15) is 40.5 Å². The van der Waals surface area contributed by atoms with Crippen molar-refractivity contribution in [1.29, 1.82) is 0 Å². The van der Waals surface area contributed by atoms with Gasteiger partial charge in [-0.15, -0.1) is 0 Å². The molecular weight excluding hydrogens is 218 g/mol. The lowest BCUT2D eigenvalue weighted by Gasteiger charge is -2.47. The number of rotatable bonds is 0. The summed E-state index contributed by atoms with van der Waals surface area (Å²) in [5.74, 6) is 0.402. The Kier molecular flexibility index (Phi) is 1.86. The molecule has 4 nitrogen and oxygen atoms in total. The van der Waals surface area contributed by atoms with Crippen LogP contribution in [0.3, 0.4) is 0 Å². The standard InChI is InChI=1S/C13H21NO3/c1-11(2,3)17-10(15)14-7-13-5-8(13)12(4,16)6-9(13)14/h8-9,16H,5-7H2,1-4H3. The lowest BCUT2D eigenvalue weighted by Crippen LogP contribution is -2.60. The van der Waals surface area contributed by atoms with Gasteiger partial charge in [-0.3, -0.25) is 0 Å². The average Bonchev–Trinajstić information content (AvgIpc) is 2.81. The molecule has 0 bridgehead atoms. The quantitative estimate of drug-likeness (QED) is 0.701. The Morgan fingerprint density at radius 3 is 2.53 bits per heavy atom. The zero-order valence-electron chi connectivity index (χ0n) is 11.0. The minimum Gasteiger partial charge on any atom is -0.444 e. The first-order valence-corrected chi connectivity index (χ1v) is 6.38. The van der Waals surface area contributed by atoms with Crippen LogP contribution < -0.4 is 0 Å². The molecule has 0 radical (unpaired) electrons. The minimum absolute atomic E-state index is 0.206. The second-order valence-electron chi connectivity index (χ2n) is 7.18. The first kappa shape index (κ1) is 11.3. The number of likely N-dealkylation sites (tertiary alicyclic amines) is 1. The molecule has 17 heavy (non-hydrogen) atoms. The highest BCUT2D eigenvalue weighted by atomic mass is 16.6. The van der Waals surface area contributed by atoms with Crippen LogP contribution in [-0.2, 0) is 4.74 Å². The van der Waals surface area contributed by atoms with E-state index in [0.29, 0.717) is 12.3 Å². The first-order chi connectivity index (χ1) is 7.66. The van der Waals surface area contributed by atoms with Gasteiger partial charge >= 0.3 is 6.09 Å². The number of amides is 1. The molecule has 1 saturated heterocycles. The van der Waals surface area contributed by atoms with Crippen LogP contribution in [0.25, 0.3) is 0 Å². The van der Waals surface area contributed by atoms with Gasteiger partial charge in [0, 0.05) is 18.0 Å². The summed E-state index contributed by atoms with van der Waals surface area (Å²) in [4.78, 5) is 13.8.